The minimum absolute atomic E-state index is 0.489. The van der Waals surface area contributed by atoms with Gasteiger partial charge in [0.15, 0.2) is 0 Å². The van der Waals surface area contributed by atoms with Crippen LogP contribution in [-0.4, -0.2) is 15.0 Å². The Morgan fingerprint density at radius 2 is 2.36 bits per heavy atom. The van der Waals surface area contributed by atoms with Crippen molar-refractivity contribution in [2.24, 2.45) is 0 Å². The summed E-state index contributed by atoms with van der Waals surface area (Å²) in [7, 11) is 0. The van der Waals surface area contributed by atoms with Gasteiger partial charge in [0, 0.05) is 0 Å². The third kappa shape index (κ3) is 1.10. The third-order valence-electron chi connectivity index (χ3n) is 1.18. The van der Waals surface area contributed by atoms with Crippen molar-refractivity contribution in [1.82, 2.24) is 15.0 Å². The molecule has 0 fully saturated rings. The van der Waals surface area contributed by atoms with Gasteiger partial charge in [-0.15, -0.1) is 0 Å². The van der Waals surface area contributed by atoms with E-state index in [2.05, 4.69) is 21.1 Å². The molecule has 0 bridgehead atoms. The Morgan fingerprint density at radius 3 is 3.00 bits per heavy atom. The second-order valence-electron chi connectivity index (χ2n) is 1.87. The fourth-order valence-corrected chi connectivity index (χ4v) is 0.727. The maximum absolute atomic E-state index is 5.00. The van der Waals surface area contributed by atoms with Gasteiger partial charge in [-0.05, 0) is 6.07 Å². The van der Waals surface area contributed by atoms with E-state index in [9.17, 15) is 0 Å². The first kappa shape index (κ1) is 6.03. The van der Waals surface area contributed by atoms with E-state index in [1.807, 2.05) is 0 Å². The van der Waals surface area contributed by atoms with Gasteiger partial charge in [0.2, 0.25) is 5.89 Å². The summed E-state index contributed by atoms with van der Waals surface area (Å²) in [5.41, 5.74) is 0.644. The van der Waals surface area contributed by atoms with Crippen LogP contribution in [0.2, 0.25) is 0 Å². The van der Waals surface area contributed by atoms with E-state index in [0.717, 1.165) is 0 Å². The molecule has 0 aliphatic heterocycles. The number of hydrogen-bond acceptors (Lipinski definition) is 4. The Hall–Kier alpha value is -1.71. The van der Waals surface area contributed by atoms with Crippen LogP contribution in [0.1, 0.15) is 0 Å². The summed E-state index contributed by atoms with van der Waals surface area (Å²) in [6.45, 7) is 0. The minimum atomic E-state index is 0.489. The number of nitrogens with zero attached hydrogens (tertiary/aromatic N) is 3. The van der Waals surface area contributed by atoms with Crippen LogP contribution in [0.3, 0.4) is 0 Å². The lowest BCUT2D eigenvalue weighted by atomic mass is 10.4. The smallest absolute Gasteiger partial charge is 0.245 e. The van der Waals surface area contributed by atoms with Crippen molar-refractivity contribution >= 4 is 0 Å². The molecule has 53 valence electrons. The van der Waals surface area contributed by atoms with Crippen molar-refractivity contribution in [3.8, 4) is 11.6 Å². The lowest BCUT2D eigenvalue weighted by Crippen LogP contribution is -1.82. The number of rotatable bonds is 1. The van der Waals surface area contributed by atoms with E-state index in [0.29, 0.717) is 11.6 Å². The number of oxazole rings is 1. The average Bonchev–Trinajstić information content (AvgIpc) is 2.58. The summed E-state index contributed by atoms with van der Waals surface area (Å²) >= 11 is 0. The standard InChI is InChI=1S/C7H4N3O/c1-2-8-5-10-6(1)7-9-3-4-11-7/h1,3-5H. The summed E-state index contributed by atoms with van der Waals surface area (Å²) < 4.78 is 5.00. The monoisotopic (exact) mass is 146 g/mol. The Morgan fingerprint density at radius 1 is 1.36 bits per heavy atom. The van der Waals surface area contributed by atoms with Crippen molar-refractivity contribution in [1.29, 1.82) is 0 Å². The van der Waals surface area contributed by atoms with Crippen LogP contribution in [0.4, 0.5) is 0 Å². The molecule has 11 heavy (non-hydrogen) atoms. The Labute approximate surface area is 62.9 Å². The van der Waals surface area contributed by atoms with Gasteiger partial charge >= 0.3 is 0 Å². The van der Waals surface area contributed by atoms with Gasteiger partial charge in [-0.3, -0.25) is 0 Å². The van der Waals surface area contributed by atoms with Crippen LogP contribution in [0.25, 0.3) is 11.6 Å². The maximum Gasteiger partial charge on any atom is 0.245 e. The molecule has 4 nitrogen and oxygen atoms in total. The number of hydrogen-bond donors (Lipinski definition) is 0. The van der Waals surface area contributed by atoms with Gasteiger partial charge in [0.05, 0.1) is 12.4 Å². The summed E-state index contributed by atoms with van der Waals surface area (Å²) in [4.78, 5) is 11.5. The fourth-order valence-electron chi connectivity index (χ4n) is 0.727. The zero-order valence-electron chi connectivity index (χ0n) is 5.56. The molecule has 0 spiro atoms. The van der Waals surface area contributed by atoms with Crippen LogP contribution in [-0.2, 0) is 0 Å². The van der Waals surface area contributed by atoms with E-state index < -0.39 is 0 Å². The Kier molecular flexibility index (Phi) is 1.37. The molecule has 2 heterocycles. The van der Waals surface area contributed by atoms with Crippen molar-refractivity contribution in [2.75, 3.05) is 0 Å². The van der Waals surface area contributed by atoms with E-state index in [1.165, 1.54) is 12.6 Å². The zero-order valence-corrected chi connectivity index (χ0v) is 5.56. The first-order valence-corrected chi connectivity index (χ1v) is 3.05. The molecule has 0 atom stereocenters. The highest BCUT2D eigenvalue weighted by atomic mass is 16.3. The quantitative estimate of drug-likeness (QED) is 0.600. The lowest BCUT2D eigenvalue weighted by Gasteiger charge is -1.88. The molecular weight excluding hydrogens is 142 g/mol. The fraction of sp³-hybridized carbons (Fsp3) is 0. The summed E-state index contributed by atoms with van der Waals surface area (Å²) in [5, 5.41) is 0. The van der Waals surface area contributed by atoms with Crippen LogP contribution < -0.4 is 0 Å². The van der Waals surface area contributed by atoms with Crippen molar-refractivity contribution in [2.45, 2.75) is 0 Å². The van der Waals surface area contributed by atoms with Crippen LogP contribution in [0, 0.1) is 6.20 Å². The van der Waals surface area contributed by atoms with Gasteiger partial charge < -0.3 is 4.42 Å². The van der Waals surface area contributed by atoms with E-state index in [4.69, 9.17) is 4.42 Å². The van der Waals surface area contributed by atoms with Gasteiger partial charge in [-0.1, -0.05) is 0 Å². The Balaban J connectivity index is 2.46. The summed E-state index contributed by atoms with van der Waals surface area (Å²) in [6, 6.07) is 1.62. The minimum Gasteiger partial charge on any atom is -0.443 e. The second-order valence-corrected chi connectivity index (χ2v) is 1.87. The predicted molar refractivity (Wildman–Crippen MR) is 36.4 cm³/mol. The normalized spacial score (nSPS) is 9.82. The molecule has 4 heteroatoms. The second kappa shape index (κ2) is 2.49. The van der Waals surface area contributed by atoms with Gasteiger partial charge in [0.1, 0.15) is 18.3 Å². The summed E-state index contributed by atoms with van der Waals surface area (Å²) in [6.07, 6.45) is 7.10. The molecule has 2 rings (SSSR count). The first-order valence-electron chi connectivity index (χ1n) is 3.05. The predicted octanol–water partition coefficient (Wildman–Crippen LogP) is 0.932. The largest absolute Gasteiger partial charge is 0.443 e. The highest BCUT2D eigenvalue weighted by Crippen LogP contribution is 2.10. The van der Waals surface area contributed by atoms with Crippen LogP contribution in [0.15, 0.2) is 29.3 Å². The molecule has 0 aromatic carbocycles. The van der Waals surface area contributed by atoms with Crippen molar-refractivity contribution in [3.63, 3.8) is 0 Å². The SMILES string of the molecule is [c]1cc(-c2ncco2)ncn1. The van der Waals surface area contributed by atoms with Gasteiger partial charge in [-0.25, -0.2) is 15.0 Å². The topological polar surface area (TPSA) is 51.8 Å². The average molecular weight is 146 g/mol. The van der Waals surface area contributed by atoms with Gasteiger partial charge in [0.25, 0.3) is 0 Å². The number of aromatic nitrogens is 3. The highest BCUT2D eigenvalue weighted by molar-refractivity contribution is 5.44. The molecule has 0 unspecified atom stereocenters. The molecule has 1 radical (unpaired) electrons. The zero-order chi connectivity index (χ0) is 7.52. The molecule has 0 N–H and O–H groups in total. The van der Waals surface area contributed by atoms with E-state index in [-0.39, 0.29) is 0 Å². The van der Waals surface area contributed by atoms with E-state index >= 15 is 0 Å². The molecular formula is C7H4N3O. The van der Waals surface area contributed by atoms with Crippen molar-refractivity contribution < 1.29 is 4.42 Å². The molecule has 2 aromatic heterocycles. The van der Waals surface area contributed by atoms with E-state index in [1.54, 1.807) is 12.3 Å². The maximum atomic E-state index is 5.00. The Bertz CT molecular complexity index is 317. The molecule has 0 saturated heterocycles. The lowest BCUT2D eigenvalue weighted by molar-refractivity contribution is 0.572. The first-order chi connectivity index (χ1) is 5.47. The third-order valence-corrected chi connectivity index (χ3v) is 1.18. The molecule has 2 aromatic rings. The molecule has 0 aliphatic rings. The van der Waals surface area contributed by atoms with Crippen LogP contribution >= 0.6 is 0 Å². The van der Waals surface area contributed by atoms with Gasteiger partial charge in [-0.2, -0.15) is 0 Å². The highest BCUT2D eigenvalue weighted by Gasteiger charge is 2.00. The molecule has 0 amide bonds. The van der Waals surface area contributed by atoms with Crippen LogP contribution in [0.5, 0.6) is 0 Å². The molecule has 0 saturated carbocycles. The van der Waals surface area contributed by atoms with Crippen molar-refractivity contribution in [3.05, 3.63) is 31.1 Å². The summed E-state index contributed by atoms with van der Waals surface area (Å²) in [5.74, 6) is 0.489. The molecule has 0 aliphatic carbocycles.